The molecule has 0 N–H and O–H groups in total. The molecule has 0 saturated heterocycles. The number of esters is 1. The number of carbonyl (C=O) groups is 2. The van der Waals surface area contributed by atoms with Crippen LogP contribution in [0.15, 0.2) is 48.6 Å². The Morgan fingerprint density at radius 3 is 1.87 bits per heavy atom. The average molecular weight is 412 g/mol. The van der Waals surface area contributed by atoms with Gasteiger partial charge in [0.05, 0.1) is 20.8 Å². The maximum Gasteiger partial charge on any atom is 0.308 e. The maximum atomic E-state index is 12.2. The van der Waals surface area contributed by atoms with Gasteiger partial charge in [-0.3, -0.25) is 9.59 Å². The van der Waals surface area contributed by atoms with E-state index in [9.17, 15) is 9.59 Å². The lowest BCUT2D eigenvalue weighted by Crippen LogP contribution is -2.03. The van der Waals surface area contributed by atoms with Crippen molar-refractivity contribution in [2.75, 3.05) is 20.8 Å². The summed E-state index contributed by atoms with van der Waals surface area (Å²) in [6, 6.07) is 10.2. The first-order valence-electron chi connectivity index (χ1n) is 9.21. The van der Waals surface area contributed by atoms with Crippen molar-refractivity contribution in [1.29, 1.82) is 0 Å². The van der Waals surface area contributed by atoms with Crippen molar-refractivity contribution in [2.24, 2.45) is 0 Å². The van der Waals surface area contributed by atoms with Crippen molar-refractivity contribution in [3.63, 3.8) is 0 Å². The second-order valence-corrected chi connectivity index (χ2v) is 5.97. The zero-order valence-corrected chi connectivity index (χ0v) is 17.3. The molecule has 0 atom stereocenters. The van der Waals surface area contributed by atoms with Crippen molar-refractivity contribution >= 4 is 23.9 Å². The van der Waals surface area contributed by atoms with Crippen LogP contribution in [0.5, 0.6) is 23.0 Å². The van der Waals surface area contributed by atoms with Crippen LogP contribution in [0.4, 0.5) is 0 Å². The maximum absolute atomic E-state index is 12.2. The van der Waals surface area contributed by atoms with Crippen molar-refractivity contribution in [3.8, 4) is 23.0 Å². The molecule has 0 aliphatic rings. The van der Waals surface area contributed by atoms with Crippen LogP contribution in [-0.4, -0.2) is 32.6 Å². The van der Waals surface area contributed by atoms with E-state index in [1.165, 1.54) is 33.3 Å². The van der Waals surface area contributed by atoms with Gasteiger partial charge < -0.3 is 19.1 Å². The van der Waals surface area contributed by atoms with E-state index in [4.69, 9.17) is 24.0 Å². The summed E-state index contributed by atoms with van der Waals surface area (Å²) in [5.74, 6) is 1.02. The lowest BCUT2D eigenvalue weighted by molar-refractivity contribution is -0.203. The molecule has 158 valence electrons. The number of rotatable bonds is 10. The van der Waals surface area contributed by atoms with Gasteiger partial charge in [0.25, 0.3) is 0 Å². The summed E-state index contributed by atoms with van der Waals surface area (Å²) in [6.07, 6.45) is 6.19. The molecule has 2 aromatic carbocycles. The molecule has 2 aromatic rings. The monoisotopic (exact) mass is 412 g/mol. The highest BCUT2D eigenvalue weighted by molar-refractivity contribution is 6.04. The molecule has 0 fully saturated rings. The molecular weight excluding hydrogens is 388 g/mol. The number of ketones is 1. The third-order valence-corrected chi connectivity index (χ3v) is 3.78. The van der Waals surface area contributed by atoms with Gasteiger partial charge in [-0.25, -0.2) is 0 Å². The Balaban J connectivity index is 2.07. The molecule has 2 rings (SSSR count). The number of benzene rings is 2. The summed E-state index contributed by atoms with van der Waals surface area (Å²) < 4.78 is 15.5. The highest BCUT2D eigenvalue weighted by Gasteiger charge is 2.08. The van der Waals surface area contributed by atoms with Crippen LogP contribution in [0.2, 0.25) is 0 Å². The number of hydrogen-bond donors (Lipinski definition) is 0. The van der Waals surface area contributed by atoms with Gasteiger partial charge in [0, 0.05) is 6.92 Å². The molecule has 0 heterocycles. The molecule has 0 amide bonds. The molecule has 7 heteroatoms. The van der Waals surface area contributed by atoms with Gasteiger partial charge >= 0.3 is 5.97 Å². The molecule has 0 aromatic heterocycles. The Morgan fingerprint density at radius 1 is 0.833 bits per heavy atom. The van der Waals surface area contributed by atoms with Crippen LogP contribution >= 0.6 is 0 Å². The summed E-state index contributed by atoms with van der Waals surface area (Å²) in [7, 11) is 3.00. The Labute approximate surface area is 175 Å². The van der Waals surface area contributed by atoms with E-state index in [0.29, 0.717) is 29.6 Å². The minimum atomic E-state index is -0.439. The standard InChI is InChI=1S/C23H24O7/c1-5-28-30-21-13-9-18(15-23(21)27-4)7-11-19(25)10-6-17-8-12-20(29-16(2)24)22(14-17)26-3/h6-15H,5H2,1-4H3/b10-6+,11-7+. The molecule has 0 saturated carbocycles. The van der Waals surface area contributed by atoms with E-state index in [-0.39, 0.29) is 5.78 Å². The first-order valence-corrected chi connectivity index (χ1v) is 9.21. The first-order chi connectivity index (χ1) is 14.5. The van der Waals surface area contributed by atoms with Crippen LogP contribution in [0.25, 0.3) is 12.2 Å². The lowest BCUT2D eigenvalue weighted by Gasteiger charge is -2.08. The third kappa shape index (κ3) is 6.79. The summed E-state index contributed by atoms with van der Waals surface area (Å²) in [5.41, 5.74) is 1.49. The predicted octanol–water partition coefficient (Wildman–Crippen LogP) is 4.26. The fraction of sp³-hybridized carbons (Fsp3) is 0.217. The molecule has 0 unspecified atom stereocenters. The molecule has 7 nitrogen and oxygen atoms in total. The van der Waals surface area contributed by atoms with E-state index in [1.54, 1.807) is 48.6 Å². The first kappa shape index (κ1) is 22.7. The van der Waals surface area contributed by atoms with Crippen LogP contribution < -0.4 is 19.1 Å². The van der Waals surface area contributed by atoms with Crippen molar-refractivity contribution in [1.82, 2.24) is 0 Å². The van der Waals surface area contributed by atoms with Crippen molar-refractivity contribution in [2.45, 2.75) is 13.8 Å². The van der Waals surface area contributed by atoms with Gasteiger partial charge in [0.15, 0.2) is 23.0 Å². The molecule has 0 aliphatic heterocycles. The number of ether oxygens (including phenoxy) is 3. The highest BCUT2D eigenvalue weighted by Crippen LogP contribution is 2.29. The van der Waals surface area contributed by atoms with Crippen LogP contribution in [-0.2, 0) is 14.5 Å². The highest BCUT2D eigenvalue weighted by atomic mass is 17.2. The van der Waals surface area contributed by atoms with E-state index in [2.05, 4.69) is 0 Å². The fourth-order valence-corrected chi connectivity index (χ4v) is 2.42. The van der Waals surface area contributed by atoms with Gasteiger partial charge in [-0.05, 0) is 54.5 Å². The zero-order chi connectivity index (χ0) is 21.9. The Bertz CT molecular complexity index is 945. The molecular formula is C23H24O7. The fourth-order valence-electron chi connectivity index (χ4n) is 2.42. The Morgan fingerprint density at radius 2 is 1.37 bits per heavy atom. The van der Waals surface area contributed by atoms with Gasteiger partial charge in [-0.2, -0.15) is 4.89 Å². The van der Waals surface area contributed by atoms with E-state index >= 15 is 0 Å². The van der Waals surface area contributed by atoms with Gasteiger partial charge in [-0.1, -0.05) is 24.3 Å². The minimum absolute atomic E-state index is 0.202. The molecule has 0 spiro atoms. The van der Waals surface area contributed by atoms with Crippen LogP contribution in [0.3, 0.4) is 0 Å². The van der Waals surface area contributed by atoms with E-state index in [1.807, 2.05) is 6.92 Å². The van der Waals surface area contributed by atoms with Gasteiger partial charge in [0.2, 0.25) is 5.75 Å². The second kappa shape index (κ2) is 11.4. The SMILES string of the molecule is CCOOc1ccc(/C=C/C(=O)/C=C/c2ccc(OC(C)=O)c(OC)c2)cc1OC. The third-order valence-electron chi connectivity index (χ3n) is 3.78. The Hall–Kier alpha value is -3.58. The smallest absolute Gasteiger partial charge is 0.308 e. The normalized spacial score (nSPS) is 10.9. The summed E-state index contributed by atoms with van der Waals surface area (Å²) in [6.45, 7) is 3.53. The number of carbonyl (C=O) groups excluding carboxylic acids is 2. The van der Waals surface area contributed by atoms with Crippen LogP contribution in [0, 0.1) is 0 Å². The lowest BCUT2D eigenvalue weighted by atomic mass is 10.1. The topological polar surface area (TPSA) is 80.3 Å². The number of allylic oxidation sites excluding steroid dienone is 2. The van der Waals surface area contributed by atoms with Crippen LogP contribution in [0.1, 0.15) is 25.0 Å². The Kier molecular flexibility index (Phi) is 8.65. The largest absolute Gasteiger partial charge is 0.493 e. The van der Waals surface area contributed by atoms with E-state index < -0.39 is 5.97 Å². The molecule has 30 heavy (non-hydrogen) atoms. The van der Waals surface area contributed by atoms with E-state index in [0.717, 1.165) is 11.1 Å². The summed E-state index contributed by atoms with van der Waals surface area (Å²) in [4.78, 5) is 33.3. The van der Waals surface area contributed by atoms with Gasteiger partial charge in [-0.15, -0.1) is 0 Å². The molecule has 0 aliphatic carbocycles. The quantitative estimate of drug-likeness (QED) is 0.190. The minimum Gasteiger partial charge on any atom is -0.493 e. The van der Waals surface area contributed by atoms with Crippen molar-refractivity contribution < 1.29 is 33.6 Å². The predicted molar refractivity (Wildman–Crippen MR) is 113 cm³/mol. The average Bonchev–Trinajstić information content (AvgIpc) is 2.75. The number of methoxy groups -OCH3 is 2. The van der Waals surface area contributed by atoms with Crippen molar-refractivity contribution in [3.05, 3.63) is 59.7 Å². The summed E-state index contributed by atoms with van der Waals surface area (Å²) >= 11 is 0. The molecule has 0 radical (unpaired) electrons. The summed E-state index contributed by atoms with van der Waals surface area (Å²) in [5, 5.41) is 0. The zero-order valence-electron chi connectivity index (χ0n) is 17.3. The molecule has 0 bridgehead atoms. The van der Waals surface area contributed by atoms with Gasteiger partial charge in [0.1, 0.15) is 0 Å². The number of hydrogen-bond acceptors (Lipinski definition) is 7. The second-order valence-electron chi connectivity index (χ2n) is 5.97.